The first kappa shape index (κ1) is 14.6. The molecule has 0 aromatic heterocycles. The van der Waals surface area contributed by atoms with Gasteiger partial charge in [-0.15, -0.1) is 0 Å². The van der Waals surface area contributed by atoms with Crippen molar-refractivity contribution < 1.29 is 4.74 Å². The Morgan fingerprint density at radius 1 is 1.00 bits per heavy atom. The zero-order chi connectivity index (χ0) is 16.7. The third-order valence-corrected chi connectivity index (χ3v) is 4.56. The van der Waals surface area contributed by atoms with Gasteiger partial charge in [0.2, 0.25) is 5.76 Å². The summed E-state index contributed by atoms with van der Waals surface area (Å²) in [6, 6.07) is 21.6. The number of hydrogen-bond acceptors (Lipinski definition) is 3. The Morgan fingerprint density at radius 3 is 2.50 bits per heavy atom. The number of halogens is 1. The van der Waals surface area contributed by atoms with Gasteiger partial charge in [-0.3, -0.25) is 0 Å². The van der Waals surface area contributed by atoms with Crippen LogP contribution in [0.15, 0.2) is 72.1 Å². The molecule has 0 amide bonds. The summed E-state index contributed by atoms with van der Waals surface area (Å²) < 4.78 is 5.85. The molecule has 4 rings (SSSR count). The molecule has 0 bridgehead atoms. The van der Waals surface area contributed by atoms with Gasteiger partial charge in [0.1, 0.15) is 11.8 Å². The lowest BCUT2D eigenvalue weighted by molar-refractivity contribution is 0.421. The number of benzene rings is 3. The zero-order valence-corrected chi connectivity index (χ0v) is 13.4. The number of rotatable bonds is 1. The normalized spacial score (nSPS) is 16.4. The van der Waals surface area contributed by atoms with E-state index in [-0.39, 0.29) is 11.7 Å². The molecule has 3 aromatic rings. The van der Waals surface area contributed by atoms with Crippen LogP contribution in [0, 0.1) is 11.3 Å². The predicted octanol–water partition coefficient (Wildman–Crippen LogP) is 4.71. The molecule has 3 aromatic carbocycles. The molecule has 0 radical (unpaired) electrons. The maximum atomic E-state index is 9.43. The minimum Gasteiger partial charge on any atom is -0.443 e. The highest BCUT2D eigenvalue weighted by molar-refractivity contribution is 6.30. The van der Waals surface area contributed by atoms with Crippen molar-refractivity contribution in [3.63, 3.8) is 0 Å². The van der Waals surface area contributed by atoms with Gasteiger partial charge in [-0.1, -0.05) is 60.1 Å². The van der Waals surface area contributed by atoms with Crippen molar-refractivity contribution in [1.82, 2.24) is 0 Å². The lowest BCUT2D eigenvalue weighted by Gasteiger charge is -2.27. The second-order valence-corrected chi connectivity index (χ2v) is 6.12. The van der Waals surface area contributed by atoms with E-state index < -0.39 is 0 Å². The molecule has 2 N–H and O–H groups in total. The van der Waals surface area contributed by atoms with Crippen LogP contribution in [0.3, 0.4) is 0 Å². The summed E-state index contributed by atoms with van der Waals surface area (Å²) in [6.45, 7) is 0. The smallest absolute Gasteiger partial charge is 0.223 e. The third-order valence-electron chi connectivity index (χ3n) is 4.30. The Kier molecular flexibility index (Phi) is 3.41. The van der Waals surface area contributed by atoms with Crippen molar-refractivity contribution in [3.8, 4) is 11.8 Å². The molecule has 0 saturated carbocycles. The van der Waals surface area contributed by atoms with E-state index in [1.54, 1.807) is 0 Å². The first-order valence-electron chi connectivity index (χ1n) is 7.53. The van der Waals surface area contributed by atoms with Crippen LogP contribution in [0.25, 0.3) is 10.8 Å². The molecule has 1 unspecified atom stereocenters. The van der Waals surface area contributed by atoms with E-state index in [1.165, 1.54) is 0 Å². The number of ether oxygens (including phenoxy) is 1. The fraction of sp³-hybridized carbons (Fsp3) is 0.0500. The number of allylic oxidation sites excluding steroid dienone is 2. The van der Waals surface area contributed by atoms with Crippen molar-refractivity contribution in [3.05, 3.63) is 88.3 Å². The fourth-order valence-electron chi connectivity index (χ4n) is 3.16. The van der Waals surface area contributed by atoms with E-state index in [9.17, 15) is 5.26 Å². The number of nitriles is 1. The lowest BCUT2D eigenvalue weighted by Crippen LogP contribution is -2.21. The monoisotopic (exact) mass is 332 g/mol. The van der Waals surface area contributed by atoms with Crippen molar-refractivity contribution in [2.75, 3.05) is 0 Å². The van der Waals surface area contributed by atoms with Crippen LogP contribution < -0.4 is 10.5 Å². The molecular weight excluding hydrogens is 320 g/mol. The number of fused-ring (bicyclic) bond motifs is 3. The van der Waals surface area contributed by atoms with E-state index >= 15 is 0 Å². The second-order valence-electron chi connectivity index (χ2n) is 5.69. The Bertz CT molecular complexity index is 1020. The number of nitrogens with two attached hydrogens (primary N) is 1. The standard InChI is InChI=1S/C20H13ClN2O/c21-14-8-5-13(6-9-14)18-16-10-7-12-3-1-2-4-15(12)20(16)24-17(11-22)19(18)23/h1-10,18H,23H2. The average molecular weight is 333 g/mol. The zero-order valence-electron chi connectivity index (χ0n) is 12.7. The van der Waals surface area contributed by atoms with E-state index in [4.69, 9.17) is 22.1 Å². The second kappa shape index (κ2) is 5.59. The third kappa shape index (κ3) is 2.20. The van der Waals surface area contributed by atoms with Crippen LogP contribution in [0.5, 0.6) is 5.75 Å². The van der Waals surface area contributed by atoms with Crippen molar-refractivity contribution in [1.29, 1.82) is 5.26 Å². The van der Waals surface area contributed by atoms with E-state index in [0.717, 1.165) is 21.9 Å². The maximum absolute atomic E-state index is 9.43. The molecule has 1 atom stereocenters. The highest BCUT2D eigenvalue weighted by Crippen LogP contribution is 2.44. The SMILES string of the molecule is N#CC1=C(N)C(c2ccc(Cl)cc2)c2ccc3ccccc3c2O1. The van der Waals surface area contributed by atoms with Gasteiger partial charge in [-0.05, 0) is 23.1 Å². The van der Waals surface area contributed by atoms with Crippen LogP contribution in [-0.2, 0) is 0 Å². The molecule has 24 heavy (non-hydrogen) atoms. The molecule has 3 nitrogen and oxygen atoms in total. The van der Waals surface area contributed by atoms with Crippen molar-refractivity contribution in [2.45, 2.75) is 5.92 Å². The van der Waals surface area contributed by atoms with Gasteiger partial charge in [0.05, 0.1) is 11.6 Å². The molecule has 1 aliphatic rings. The molecule has 1 heterocycles. The van der Waals surface area contributed by atoms with Crippen LogP contribution in [-0.4, -0.2) is 0 Å². The van der Waals surface area contributed by atoms with Crippen LogP contribution in [0.4, 0.5) is 0 Å². The Hall–Kier alpha value is -2.96. The lowest BCUT2D eigenvalue weighted by atomic mass is 9.85. The van der Waals surface area contributed by atoms with E-state index in [2.05, 4.69) is 6.07 Å². The van der Waals surface area contributed by atoms with Gasteiger partial charge in [0, 0.05) is 16.0 Å². The van der Waals surface area contributed by atoms with Crippen molar-refractivity contribution >= 4 is 22.4 Å². The van der Waals surface area contributed by atoms with E-state index in [0.29, 0.717) is 16.5 Å². The first-order chi connectivity index (χ1) is 11.7. The predicted molar refractivity (Wildman–Crippen MR) is 94.7 cm³/mol. The van der Waals surface area contributed by atoms with Gasteiger partial charge >= 0.3 is 0 Å². The summed E-state index contributed by atoms with van der Waals surface area (Å²) in [6.07, 6.45) is 0. The van der Waals surface area contributed by atoms with Gasteiger partial charge in [0.25, 0.3) is 0 Å². The topological polar surface area (TPSA) is 59.0 Å². The Morgan fingerprint density at radius 2 is 1.75 bits per heavy atom. The van der Waals surface area contributed by atoms with Gasteiger partial charge in [-0.2, -0.15) is 5.26 Å². The molecule has 4 heteroatoms. The Balaban J connectivity index is 2.00. The average Bonchev–Trinajstić information content (AvgIpc) is 2.62. The van der Waals surface area contributed by atoms with Crippen LogP contribution in [0.1, 0.15) is 17.0 Å². The largest absolute Gasteiger partial charge is 0.443 e. The summed E-state index contributed by atoms with van der Waals surface area (Å²) in [7, 11) is 0. The van der Waals surface area contributed by atoms with Crippen LogP contribution in [0.2, 0.25) is 5.02 Å². The molecule has 116 valence electrons. The molecular formula is C20H13ClN2O. The minimum atomic E-state index is -0.231. The number of nitrogens with zero attached hydrogens (tertiary/aromatic N) is 1. The molecule has 0 saturated heterocycles. The quantitative estimate of drug-likeness (QED) is 0.702. The summed E-state index contributed by atoms with van der Waals surface area (Å²) in [5.41, 5.74) is 8.61. The summed E-state index contributed by atoms with van der Waals surface area (Å²) >= 11 is 6.00. The van der Waals surface area contributed by atoms with E-state index in [1.807, 2.05) is 60.7 Å². The Labute approximate surface area is 144 Å². The fourth-order valence-corrected chi connectivity index (χ4v) is 3.29. The highest BCUT2D eigenvalue weighted by Gasteiger charge is 2.30. The minimum absolute atomic E-state index is 0.152. The summed E-state index contributed by atoms with van der Waals surface area (Å²) in [5, 5.41) is 12.1. The maximum Gasteiger partial charge on any atom is 0.223 e. The molecule has 0 fully saturated rings. The molecule has 1 aliphatic heterocycles. The first-order valence-corrected chi connectivity index (χ1v) is 7.91. The highest BCUT2D eigenvalue weighted by atomic mass is 35.5. The number of hydrogen-bond donors (Lipinski definition) is 1. The summed E-state index contributed by atoms with van der Waals surface area (Å²) in [4.78, 5) is 0. The van der Waals surface area contributed by atoms with Gasteiger partial charge in [-0.25, -0.2) is 0 Å². The molecule has 0 spiro atoms. The molecule has 0 aliphatic carbocycles. The summed E-state index contributed by atoms with van der Waals surface area (Å²) in [5.74, 6) is 0.614. The van der Waals surface area contributed by atoms with Crippen LogP contribution >= 0.6 is 11.6 Å². The van der Waals surface area contributed by atoms with Crippen molar-refractivity contribution in [2.24, 2.45) is 5.73 Å². The van der Waals surface area contributed by atoms with Gasteiger partial charge < -0.3 is 10.5 Å². The van der Waals surface area contributed by atoms with Gasteiger partial charge in [0.15, 0.2) is 0 Å².